The lowest BCUT2D eigenvalue weighted by atomic mass is 9.48. The van der Waals surface area contributed by atoms with Gasteiger partial charge in [-0.1, -0.05) is 0 Å². The molecule has 1 aromatic heterocycles. The first kappa shape index (κ1) is 13.9. The number of carbonyl (C=O) groups excluding carboxylic acids is 1. The van der Waals surface area contributed by atoms with Crippen molar-refractivity contribution in [3.8, 4) is 0 Å². The average Bonchev–Trinajstić information content (AvgIpc) is 2.84. The third kappa shape index (κ3) is 2.36. The lowest BCUT2D eigenvalue weighted by Crippen LogP contribution is -2.55. The van der Waals surface area contributed by atoms with E-state index >= 15 is 0 Å². The normalized spacial score (nSPS) is 38.5. The van der Waals surface area contributed by atoms with Crippen LogP contribution >= 0.6 is 15.9 Å². The molecular formula is C17H23BrN2O. The van der Waals surface area contributed by atoms with Crippen molar-refractivity contribution in [1.29, 1.82) is 0 Å². The summed E-state index contributed by atoms with van der Waals surface area (Å²) in [6.45, 7) is 2.23. The van der Waals surface area contributed by atoms with Crippen LogP contribution in [0.15, 0.2) is 16.7 Å². The van der Waals surface area contributed by atoms with Crippen molar-refractivity contribution in [3.05, 3.63) is 22.4 Å². The van der Waals surface area contributed by atoms with Gasteiger partial charge in [-0.05, 0) is 90.6 Å². The van der Waals surface area contributed by atoms with E-state index in [0.29, 0.717) is 11.1 Å². The van der Waals surface area contributed by atoms with Gasteiger partial charge in [-0.2, -0.15) is 0 Å². The number of amides is 1. The summed E-state index contributed by atoms with van der Waals surface area (Å²) in [6.07, 6.45) is 10.1. The largest absolute Gasteiger partial charge is 0.356 e. The molecule has 2 N–H and O–H groups in total. The van der Waals surface area contributed by atoms with Crippen LogP contribution < -0.4 is 5.32 Å². The van der Waals surface area contributed by atoms with Gasteiger partial charge in [-0.15, -0.1) is 0 Å². The SMILES string of the molecule is CC(NC(=O)c1cc(Br)c[nH]1)C12CC3CC(CC(C3)C1)C2. The van der Waals surface area contributed by atoms with Gasteiger partial charge in [0.2, 0.25) is 0 Å². The molecule has 4 heteroatoms. The van der Waals surface area contributed by atoms with Crippen molar-refractivity contribution in [2.45, 2.75) is 51.5 Å². The number of carbonyl (C=O) groups is 1. The number of hydrogen-bond acceptors (Lipinski definition) is 1. The van der Waals surface area contributed by atoms with Gasteiger partial charge >= 0.3 is 0 Å². The number of nitrogens with one attached hydrogen (secondary N) is 2. The number of rotatable bonds is 3. The summed E-state index contributed by atoms with van der Waals surface area (Å²) in [4.78, 5) is 15.4. The van der Waals surface area contributed by atoms with Crippen molar-refractivity contribution < 1.29 is 4.79 Å². The van der Waals surface area contributed by atoms with Crippen LogP contribution in [0.2, 0.25) is 0 Å². The van der Waals surface area contributed by atoms with E-state index in [0.717, 1.165) is 22.2 Å². The molecule has 1 aromatic rings. The average molecular weight is 351 g/mol. The molecule has 0 aliphatic heterocycles. The summed E-state index contributed by atoms with van der Waals surface area (Å²) in [5.74, 6) is 2.81. The van der Waals surface area contributed by atoms with E-state index in [9.17, 15) is 4.79 Å². The smallest absolute Gasteiger partial charge is 0.267 e. The van der Waals surface area contributed by atoms with Gasteiger partial charge in [0, 0.05) is 16.7 Å². The van der Waals surface area contributed by atoms with E-state index in [1.165, 1.54) is 38.5 Å². The molecule has 114 valence electrons. The Morgan fingerprint density at radius 3 is 2.33 bits per heavy atom. The van der Waals surface area contributed by atoms with E-state index < -0.39 is 0 Å². The Morgan fingerprint density at radius 1 is 1.29 bits per heavy atom. The Morgan fingerprint density at radius 2 is 1.86 bits per heavy atom. The maximum Gasteiger partial charge on any atom is 0.267 e. The minimum Gasteiger partial charge on any atom is -0.356 e. The zero-order valence-corrected chi connectivity index (χ0v) is 14.1. The van der Waals surface area contributed by atoms with Crippen molar-refractivity contribution in [2.24, 2.45) is 23.2 Å². The molecule has 1 amide bonds. The zero-order valence-electron chi connectivity index (χ0n) is 12.5. The lowest BCUT2D eigenvalue weighted by molar-refractivity contribution is -0.0688. The Bertz CT molecular complexity index is 530. The number of halogens is 1. The fourth-order valence-electron chi connectivity index (χ4n) is 5.63. The summed E-state index contributed by atoms with van der Waals surface area (Å²) in [5.41, 5.74) is 1.02. The molecule has 4 aliphatic rings. The summed E-state index contributed by atoms with van der Waals surface area (Å²) in [7, 11) is 0. The van der Waals surface area contributed by atoms with Crippen molar-refractivity contribution in [1.82, 2.24) is 10.3 Å². The molecule has 1 heterocycles. The first-order chi connectivity index (χ1) is 10.0. The molecular weight excluding hydrogens is 328 g/mol. The fourth-order valence-corrected chi connectivity index (χ4v) is 5.98. The van der Waals surface area contributed by atoms with E-state index in [4.69, 9.17) is 0 Å². The van der Waals surface area contributed by atoms with E-state index in [1.54, 1.807) is 0 Å². The highest BCUT2D eigenvalue weighted by molar-refractivity contribution is 9.10. The maximum atomic E-state index is 12.4. The Kier molecular flexibility index (Phi) is 3.21. The molecule has 4 aliphatic carbocycles. The van der Waals surface area contributed by atoms with Crippen LogP contribution in [-0.4, -0.2) is 16.9 Å². The van der Waals surface area contributed by atoms with Gasteiger partial charge in [0.15, 0.2) is 0 Å². The van der Waals surface area contributed by atoms with Gasteiger partial charge in [0.05, 0.1) is 0 Å². The monoisotopic (exact) mass is 350 g/mol. The number of hydrogen-bond donors (Lipinski definition) is 2. The summed E-state index contributed by atoms with van der Waals surface area (Å²) in [6, 6.07) is 2.13. The highest BCUT2D eigenvalue weighted by atomic mass is 79.9. The second-order valence-electron chi connectivity index (χ2n) is 7.71. The van der Waals surface area contributed by atoms with Gasteiger partial charge in [-0.25, -0.2) is 0 Å². The molecule has 4 saturated carbocycles. The molecule has 4 fully saturated rings. The standard InChI is InChI=1S/C17H23BrN2O/c1-10(20-16(21)15-5-14(18)9-19-15)17-6-11-2-12(7-17)4-13(3-11)8-17/h5,9-13,19H,2-4,6-8H2,1H3,(H,20,21). The molecule has 4 bridgehead atoms. The molecule has 3 nitrogen and oxygen atoms in total. The Balaban J connectivity index is 1.50. The van der Waals surface area contributed by atoms with Gasteiger partial charge in [0.1, 0.15) is 5.69 Å². The quantitative estimate of drug-likeness (QED) is 0.846. The van der Waals surface area contributed by atoms with Crippen molar-refractivity contribution >= 4 is 21.8 Å². The Hall–Kier alpha value is -0.770. The van der Waals surface area contributed by atoms with Crippen LogP contribution in [0.5, 0.6) is 0 Å². The van der Waals surface area contributed by atoms with Gasteiger partial charge in [0.25, 0.3) is 5.91 Å². The molecule has 0 saturated heterocycles. The minimum atomic E-state index is 0.0314. The number of H-pyrrole nitrogens is 1. The second kappa shape index (κ2) is 4.87. The lowest BCUT2D eigenvalue weighted by Gasteiger charge is -2.59. The molecule has 0 spiro atoms. The maximum absolute atomic E-state index is 12.4. The van der Waals surface area contributed by atoms with E-state index in [2.05, 4.69) is 33.2 Å². The van der Waals surface area contributed by atoms with Crippen LogP contribution in [0.25, 0.3) is 0 Å². The summed E-state index contributed by atoms with van der Waals surface area (Å²) >= 11 is 3.39. The molecule has 1 unspecified atom stereocenters. The highest BCUT2D eigenvalue weighted by Gasteiger charge is 2.53. The second-order valence-corrected chi connectivity index (χ2v) is 8.62. The predicted molar refractivity (Wildman–Crippen MR) is 86.0 cm³/mol. The van der Waals surface area contributed by atoms with Crippen LogP contribution in [0.1, 0.15) is 55.9 Å². The first-order valence-electron chi connectivity index (χ1n) is 8.19. The van der Waals surface area contributed by atoms with E-state index in [-0.39, 0.29) is 11.9 Å². The molecule has 0 aromatic carbocycles. The third-order valence-corrected chi connectivity index (χ3v) is 6.70. The third-order valence-electron chi connectivity index (χ3n) is 6.24. The van der Waals surface area contributed by atoms with Crippen LogP contribution in [-0.2, 0) is 0 Å². The predicted octanol–water partition coefficient (Wildman–Crippen LogP) is 4.11. The van der Waals surface area contributed by atoms with E-state index in [1.807, 2.05) is 12.3 Å². The summed E-state index contributed by atoms with van der Waals surface area (Å²) < 4.78 is 0.926. The van der Waals surface area contributed by atoms with Crippen molar-refractivity contribution in [3.63, 3.8) is 0 Å². The molecule has 5 rings (SSSR count). The number of aromatic amines is 1. The van der Waals surface area contributed by atoms with Crippen LogP contribution in [0.4, 0.5) is 0 Å². The highest BCUT2D eigenvalue weighted by Crippen LogP contribution is 2.61. The van der Waals surface area contributed by atoms with Crippen LogP contribution in [0, 0.1) is 23.2 Å². The topological polar surface area (TPSA) is 44.9 Å². The van der Waals surface area contributed by atoms with Gasteiger partial charge < -0.3 is 10.3 Å². The number of aromatic nitrogens is 1. The summed E-state index contributed by atoms with van der Waals surface area (Å²) in [5, 5.41) is 3.28. The van der Waals surface area contributed by atoms with Crippen molar-refractivity contribution in [2.75, 3.05) is 0 Å². The van der Waals surface area contributed by atoms with Crippen LogP contribution in [0.3, 0.4) is 0 Å². The first-order valence-corrected chi connectivity index (χ1v) is 8.98. The molecule has 21 heavy (non-hydrogen) atoms. The zero-order chi connectivity index (χ0) is 14.6. The molecule has 1 atom stereocenters. The Labute approximate surface area is 134 Å². The minimum absolute atomic E-state index is 0.0314. The van der Waals surface area contributed by atoms with Gasteiger partial charge in [-0.3, -0.25) is 4.79 Å². The fraction of sp³-hybridized carbons (Fsp3) is 0.706. The molecule has 0 radical (unpaired) electrons.